The van der Waals surface area contributed by atoms with E-state index in [1.54, 1.807) is 0 Å². The first kappa shape index (κ1) is 25.1. The number of nitrogens with zero attached hydrogens (tertiary/aromatic N) is 4. The van der Waals surface area contributed by atoms with Gasteiger partial charge >= 0.3 is 0 Å². The first-order valence-corrected chi connectivity index (χ1v) is 13.0. The largest absolute Gasteiger partial charge is 0.354 e. The Morgan fingerprint density at radius 1 is 1.00 bits per heavy atom. The number of anilines is 1. The number of aromatic nitrogens is 1. The summed E-state index contributed by atoms with van der Waals surface area (Å²) in [6, 6.07) is 8.97. The summed E-state index contributed by atoms with van der Waals surface area (Å²) in [6.07, 6.45) is 6.88. The van der Waals surface area contributed by atoms with Gasteiger partial charge in [-0.25, -0.2) is 4.98 Å². The third-order valence-electron chi connectivity index (χ3n) is 6.55. The highest BCUT2D eigenvalue weighted by atomic mass is 32.1. The van der Waals surface area contributed by atoms with E-state index in [9.17, 15) is 0 Å². The van der Waals surface area contributed by atoms with Crippen molar-refractivity contribution < 1.29 is 0 Å². The minimum atomic E-state index is 0.901. The Labute approximate surface area is 201 Å². The Morgan fingerprint density at radius 3 is 2.41 bits per heavy atom. The maximum atomic E-state index is 5.75. The number of rotatable bonds is 12. The van der Waals surface area contributed by atoms with E-state index in [-0.39, 0.29) is 0 Å². The van der Waals surface area contributed by atoms with Crippen LogP contribution < -0.4 is 4.90 Å². The molecule has 1 fully saturated rings. The molecule has 1 aromatic heterocycles. The van der Waals surface area contributed by atoms with Gasteiger partial charge in [0.1, 0.15) is 5.82 Å². The van der Waals surface area contributed by atoms with Crippen molar-refractivity contribution in [3.8, 4) is 0 Å². The van der Waals surface area contributed by atoms with Crippen molar-refractivity contribution in [2.24, 2.45) is 0 Å². The zero-order valence-electron chi connectivity index (χ0n) is 20.7. The molecule has 2 heterocycles. The second kappa shape index (κ2) is 12.6. The predicted octanol–water partition coefficient (Wildman–Crippen LogP) is 5.50. The third-order valence-corrected chi connectivity index (χ3v) is 6.90. The van der Waals surface area contributed by atoms with Gasteiger partial charge in [0.25, 0.3) is 0 Å². The lowest BCUT2D eigenvalue weighted by Gasteiger charge is -2.33. The summed E-state index contributed by atoms with van der Waals surface area (Å²) in [5.74, 6) is 1.12. The van der Waals surface area contributed by atoms with E-state index in [4.69, 9.17) is 17.2 Å². The normalized spacial score (nSPS) is 15.1. The van der Waals surface area contributed by atoms with E-state index in [0.717, 1.165) is 50.4 Å². The molecule has 0 aliphatic carbocycles. The maximum absolute atomic E-state index is 5.75. The molecule has 1 aliphatic rings. The third kappa shape index (κ3) is 7.23. The summed E-state index contributed by atoms with van der Waals surface area (Å²) in [6.45, 7) is 14.7. The lowest BCUT2D eigenvalue weighted by atomic mass is 10.0. The van der Waals surface area contributed by atoms with Crippen molar-refractivity contribution in [2.45, 2.75) is 59.3 Å². The lowest BCUT2D eigenvalue weighted by molar-refractivity contribution is 0.269. The Morgan fingerprint density at radius 2 is 1.72 bits per heavy atom. The molecule has 2 aromatic rings. The van der Waals surface area contributed by atoms with E-state index in [1.165, 1.54) is 66.7 Å². The summed E-state index contributed by atoms with van der Waals surface area (Å²) in [5.41, 5.74) is 3.72. The van der Waals surface area contributed by atoms with Gasteiger partial charge in [0.15, 0.2) is 0 Å². The Bertz CT molecular complexity index is 867. The molecule has 1 aliphatic heterocycles. The number of benzene rings is 1. The highest BCUT2D eigenvalue weighted by molar-refractivity contribution is 7.80. The number of aryl methyl sites for hydroxylation is 1. The first-order valence-electron chi connectivity index (χ1n) is 12.6. The molecule has 0 bridgehead atoms. The molecule has 0 atom stereocenters. The minimum absolute atomic E-state index is 0.901. The van der Waals surface area contributed by atoms with Crippen LogP contribution in [0.2, 0.25) is 0 Å². The van der Waals surface area contributed by atoms with Gasteiger partial charge in [-0.05, 0) is 99.9 Å². The molecule has 3 rings (SSSR count). The SMILES string of the molecule is CCCN(CCC)CCCCC(=S)Cc1ccc2nc(N3CCN(C)CC3)cc(C)c2c1. The van der Waals surface area contributed by atoms with Crippen LogP contribution in [0.25, 0.3) is 10.9 Å². The number of unbranched alkanes of at least 4 members (excludes halogenated alkanes) is 1. The van der Waals surface area contributed by atoms with E-state index in [2.05, 4.69) is 66.8 Å². The Balaban J connectivity index is 1.54. The van der Waals surface area contributed by atoms with Gasteiger partial charge in [0.05, 0.1) is 5.52 Å². The van der Waals surface area contributed by atoms with Gasteiger partial charge in [-0.3, -0.25) is 0 Å². The Hall–Kier alpha value is -1.56. The molecule has 0 amide bonds. The second-order valence-electron chi connectivity index (χ2n) is 9.45. The second-order valence-corrected chi connectivity index (χ2v) is 10.0. The van der Waals surface area contributed by atoms with Crippen molar-refractivity contribution >= 4 is 33.8 Å². The van der Waals surface area contributed by atoms with Crippen LogP contribution in [0.4, 0.5) is 5.82 Å². The summed E-state index contributed by atoms with van der Waals surface area (Å²) in [5, 5.41) is 1.26. The van der Waals surface area contributed by atoms with Crippen LogP contribution in [0.1, 0.15) is 57.1 Å². The molecule has 0 radical (unpaired) electrons. The minimum Gasteiger partial charge on any atom is -0.354 e. The summed E-state index contributed by atoms with van der Waals surface area (Å²) in [7, 11) is 2.19. The number of piperazine rings is 1. The molecule has 176 valence electrons. The fraction of sp³-hybridized carbons (Fsp3) is 0.630. The van der Waals surface area contributed by atoms with Gasteiger partial charge < -0.3 is 14.7 Å². The number of pyridine rings is 1. The monoisotopic (exact) mass is 454 g/mol. The zero-order chi connectivity index (χ0) is 22.9. The van der Waals surface area contributed by atoms with Crippen molar-refractivity contribution in [3.05, 3.63) is 35.4 Å². The van der Waals surface area contributed by atoms with Gasteiger partial charge in [-0.15, -0.1) is 0 Å². The molecule has 4 nitrogen and oxygen atoms in total. The Kier molecular flexibility index (Phi) is 9.89. The molecule has 5 heteroatoms. The van der Waals surface area contributed by atoms with E-state index < -0.39 is 0 Å². The fourth-order valence-electron chi connectivity index (χ4n) is 4.67. The molecule has 0 spiro atoms. The standard InChI is InChI=1S/C27H42N4S/c1-5-12-30(13-6-2)14-8-7-9-24(32)20-23-10-11-26-25(21-23)22(3)19-27(28-26)31-17-15-29(4)16-18-31/h10-11,19,21H,5-9,12-18,20H2,1-4H3. The molecule has 0 unspecified atom stereocenters. The van der Waals surface area contributed by atoms with Crippen LogP contribution in [0.15, 0.2) is 24.3 Å². The fourth-order valence-corrected chi connectivity index (χ4v) is 4.98. The van der Waals surface area contributed by atoms with Crippen LogP contribution in [-0.4, -0.2) is 72.5 Å². The molecule has 0 saturated carbocycles. The summed E-state index contributed by atoms with van der Waals surface area (Å²) >= 11 is 5.75. The average molecular weight is 455 g/mol. The summed E-state index contributed by atoms with van der Waals surface area (Å²) < 4.78 is 0. The van der Waals surface area contributed by atoms with Crippen molar-refractivity contribution in [1.82, 2.24) is 14.8 Å². The predicted molar refractivity (Wildman–Crippen MR) is 143 cm³/mol. The van der Waals surface area contributed by atoms with Gasteiger partial charge in [-0.1, -0.05) is 32.1 Å². The number of hydrogen-bond acceptors (Lipinski definition) is 5. The molecule has 1 saturated heterocycles. The molecule has 1 aromatic carbocycles. The van der Waals surface area contributed by atoms with Gasteiger partial charge in [-0.2, -0.15) is 0 Å². The van der Waals surface area contributed by atoms with Crippen LogP contribution in [0, 0.1) is 6.92 Å². The number of thiocarbonyl (C=S) groups is 1. The molecular formula is C27H42N4S. The maximum Gasteiger partial charge on any atom is 0.129 e. The van der Waals surface area contributed by atoms with E-state index >= 15 is 0 Å². The quantitative estimate of drug-likeness (QED) is 0.311. The van der Waals surface area contributed by atoms with Crippen LogP contribution in [0.3, 0.4) is 0 Å². The summed E-state index contributed by atoms with van der Waals surface area (Å²) in [4.78, 5) is 13.6. The smallest absolute Gasteiger partial charge is 0.129 e. The number of hydrogen-bond donors (Lipinski definition) is 0. The van der Waals surface area contributed by atoms with Crippen molar-refractivity contribution in [1.29, 1.82) is 0 Å². The molecule has 0 N–H and O–H groups in total. The van der Waals surface area contributed by atoms with Crippen molar-refractivity contribution in [3.63, 3.8) is 0 Å². The zero-order valence-corrected chi connectivity index (χ0v) is 21.5. The van der Waals surface area contributed by atoms with Crippen LogP contribution in [-0.2, 0) is 6.42 Å². The first-order chi connectivity index (χ1) is 15.5. The van der Waals surface area contributed by atoms with Crippen LogP contribution in [0.5, 0.6) is 0 Å². The molecule has 32 heavy (non-hydrogen) atoms. The number of fused-ring (bicyclic) bond motifs is 1. The lowest BCUT2D eigenvalue weighted by Crippen LogP contribution is -2.44. The molecular weight excluding hydrogens is 412 g/mol. The number of likely N-dealkylation sites (N-methyl/N-ethyl adjacent to an activating group) is 1. The highest BCUT2D eigenvalue weighted by Crippen LogP contribution is 2.25. The van der Waals surface area contributed by atoms with Crippen molar-refractivity contribution in [2.75, 3.05) is 57.8 Å². The highest BCUT2D eigenvalue weighted by Gasteiger charge is 2.16. The van der Waals surface area contributed by atoms with Gasteiger partial charge in [0.2, 0.25) is 0 Å². The van der Waals surface area contributed by atoms with Crippen LogP contribution >= 0.6 is 12.2 Å². The topological polar surface area (TPSA) is 22.6 Å². The van der Waals surface area contributed by atoms with Gasteiger partial charge in [0, 0.05) is 38.0 Å². The van der Waals surface area contributed by atoms with E-state index in [1.807, 2.05) is 0 Å². The average Bonchev–Trinajstić information content (AvgIpc) is 2.78. The van der Waals surface area contributed by atoms with E-state index in [0.29, 0.717) is 0 Å².